The second-order valence-electron chi connectivity index (χ2n) is 5.42. The first kappa shape index (κ1) is 14.0. The lowest BCUT2D eigenvalue weighted by atomic mass is 10.1. The number of nitrogen functional groups attached to an aromatic ring is 1. The summed E-state index contributed by atoms with van der Waals surface area (Å²) in [6.45, 7) is 4.65. The van der Waals surface area contributed by atoms with Gasteiger partial charge in [-0.05, 0) is 25.8 Å². The van der Waals surface area contributed by atoms with Gasteiger partial charge in [-0.3, -0.25) is 4.90 Å². The summed E-state index contributed by atoms with van der Waals surface area (Å²) in [4.78, 5) is 16.9. The molecule has 0 bridgehead atoms. The summed E-state index contributed by atoms with van der Waals surface area (Å²) in [5.74, 6) is 2.17. The maximum atomic E-state index is 5.75. The van der Waals surface area contributed by atoms with Crippen LogP contribution < -0.4 is 16.4 Å². The molecule has 19 heavy (non-hydrogen) atoms. The van der Waals surface area contributed by atoms with Gasteiger partial charge in [0, 0.05) is 26.7 Å². The second kappa shape index (κ2) is 5.66. The van der Waals surface area contributed by atoms with Gasteiger partial charge < -0.3 is 16.4 Å². The van der Waals surface area contributed by atoms with Gasteiger partial charge in [0.1, 0.15) is 5.82 Å². The van der Waals surface area contributed by atoms with Crippen LogP contribution in [0.5, 0.6) is 0 Å². The number of aromatic nitrogens is 3. The van der Waals surface area contributed by atoms with Crippen molar-refractivity contribution < 1.29 is 0 Å². The van der Waals surface area contributed by atoms with E-state index in [1.54, 1.807) is 0 Å². The summed E-state index contributed by atoms with van der Waals surface area (Å²) < 4.78 is 0. The van der Waals surface area contributed by atoms with Crippen molar-refractivity contribution in [3.05, 3.63) is 5.82 Å². The molecule has 0 aromatic carbocycles. The van der Waals surface area contributed by atoms with Gasteiger partial charge in [-0.2, -0.15) is 15.0 Å². The molecule has 0 amide bonds. The van der Waals surface area contributed by atoms with E-state index in [1.165, 1.54) is 0 Å². The van der Waals surface area contributed by atoms with Crippen molar-refractivity contribution in [2.45, 2.75) is 25.9 Å². The third kappa shape index (κ3) is 3.30. The fourth-order valence-electron chi connectivity index (χ4n) is 2.49. The highest BCUT2D eigenvalue weighted by molar-refractivity contribution is 5.32. The molecule has 1 saturated heterocycles. The molecule has 4 N–H and O–H groups in total. The normalized spacial score (nSPS) is 23.8. The Balaban J connectivity index is 2.11. The highest BCUT2D eigenvalue weighted by Crippen LogP contribution is 2.23. The number of rotatable bonds is 4. The van der Waals surface area contributed by atoms with Gasteiger partial charge in [0.05, 0.1) is 6.54 Å². The van der Waals surface area contributed by atoms with Crippen LogP contribution in [0.1, 0.15) is 19.2 Å². The minimum atomic E-state index is 0.274. The van der Waals surface area contributed by atoms with E-state index in [-0.39, 0.29) is 5.95 Å². The van der Waals surface area contributed by atoms with Gasteiger partial charge in [0.15, 0.2) is 0 Å². The van der Waals surface area contributed by atoms with E-state index >= 15 is 0 Å². The van der Waals surface area contributed by atoms with Crippen molar-refractivity contribution in [1.82, 2.24) is 19.9 Å². The lowest BCUT2D eigenvalue weighted by Crippen LogP contribution is -2.29. The number of hydrogen-bond acceptors (Lipinski definition) is 7. The Labute approximate surface area is 114 Å². The molecular formula is C12H23N7. The maximum Gasteiger partial charge on any atom is 0.229 e. The van der Waals surface area contributed by atoms with E-state index in [1.807, 2.05) is 19.0 Å². The fraction of sp³-hybridized carbons (Fsp3) is 0.750. The van der Waals surface area contributed by atoms with Crippen LogP contribution in [0.2, 0.25) is 0 Å². The molecule has 0 aliphatic carbocycles. The van der Waals surface area contributed by atoms with Crippen molar-refractivity contribution in [2.75, 3.05) is 37.8 Å². The van der Waals surface area contributed by atoms with E-state index in [0.29, 0.717) is 24.5 Å². The van der Waals surface area contributed by atoms with Crippen LogP contribution in [0.15, 0.2) is 0 Å². The van der Waals surface area contributed by atoms with Crippen LogP contribution in [0.4, 0.5) is 11.9 Å². The Hall–Kier alpha value is -1.47. The molecule has 7 heteroatoms. The van der Waals surface area contributed by atoms with E-state index in [2.05, 4.69) is 26.8 Å². The Morgan fingerprint density at radius 3 is 2.63 bits per heavy atom. The van der Waals surface area contributed by atoms with Crippen molar-refractivity contribution >= 4 is 11.9 Å². The number of likely N-dealkylation sites (tertiary alicyclic amines) is 1. The van der Waals surface area contributed by atoms with Crippen LogP contribution in [0, 0.1) is 5.92 Å². The minimum Gasteiger partial charge on any atom is -0.368 e. The van der Waals surface area contributed by atoms with Crippen molar-refractivity contribution in [3.63, 3.8) is 0 Å². The van der Waals surface area contributed by atoms with Crippen molar-refractivity contribution in [3.8, 4) is 0 Å². The van der Waals surface area contributed by atoms with E-state index in [4.69, 9.17) is 11.5 Å². The van der Waals surface area contributed by atoms with Gasteiger partial charge in [-0.1, -0.05) is 0 Å². The molecule has 0 radical (unpaired) electrons. The largest absolute Gasteiger partial charge is 0.368 e. The average molecular weight is 265 g/mol. The summed E-state index contributed by atoms with van der Waals surface area (Å²) in [5.41, 5.74) is 11.5. The predicted molar refractivity (Wildman–Crippen MR) is 75.6 cm³/mol. The predicted octanol–water partition coefficient (Wildman–Crippen LogP) is -0.311. The van der Waals surface area contributed by atoms with Crippen LogP contribution in [-0.4, -0.2) is 53.1 Å². The van der Waals surface area contributed by atoms with Gasteiger partial charge in [0.25, 0.3) is 0 Å². The van der Waals surface area contributed by atoms with E-state index < -0.39 is 0 Å². The summed E-state index contributed by atoms with van der Waals surface area (Å²) >= 11 is 0. The van der Waals surface area contributed by atoms with Crippen LogP contribution in [-0.2, 0) is 6.54 Å². The first-order valence-electron chi connectivity index (χ1n) is 6.61. The average Bonchev–Trinajstić information content (AvgIpc) is 2.69. The van der Waals surface area contributed by atoms with Crippen LogP contribution in [0.3, 0.4) is 0 Å². The third-order valence-corrected chi connectivity index (χ3v) is 3.56. The number of anilines is 2. The number of nitrogens with zero attached hydrogens (tertiary/aromatic N) is 5. The first-order valence-corrected chi connectivity index (χ1v) is 6.61. The molecule has 1 aliphatic rings. The lowest BCUT2D eigenvalue weighted by molar-refractivity contribution is 0.249. The molecule has 0 spiro atoms. The fourth-order valence-corrected chi connectivity index (χ4v) is 2.49. The van der Waals surface area contributed by atoms with Crippen molar-refractivity contribution in [2.24, 2.45) is 11.7 Å². The molecule has 7 nitrogen and oxygen atoms in total. The number of hydrogen-bond donors (Lipinski definition) is 2. The Morgan fingerprint density at radius 2 is 2.05 bits per heavy atom. The van der Waals surface area contributed by atoms with E-state index in [9.17, 15) is 0 Å². The number of nitrogens with two attached hydrogens (primary N) is 2. The zero-order chi connectivity index (χ0) is 14.0. The molecule has 2 rings (SSSR count). The molecule has 1 fully saturated rings. The highest BCUT2D eigenvalue weighted by Gasteiger charge is 2.28. The minimum absolute atomic E-state index is 0.274. The Kier molecular flexibility index (Phi) is 4.16. The van der Waals surface area contributed by atoms with Gasteiger partial charge >= 0.3 is 0 Å². The Morgan fingerprint density at radius 1 is 1.32 bits per heavy atom. The molecule has 1 aromatic rings. The van der Waals surface area contributed by atoms with Crippen LogP contribution in [0.25, 0.3) is 0 Å². The summed E-state index contributed by atoms with van der Waals surface area (Å²) in [7, 11) is 3.78. The summed E-state index contributed by atoms with van der Waals surface area (Å²) in [5, 5.41) is 0. The highest BCUT2D eigenvalue weighted by atomic mass is 15.3. The monoisotopic (exact) mass is 265 g/mol. The molecule has 1 aromatic heterocycles. The topological polar surface area (TPSA) is 97.2 Å². The standard InChI is InChI=1S/C12H23N7/c1-8-4-9(5-13)6-19(8)7-10-15-11(14)17-12(16-10)18(2)3/h8-9H,4-7,13H2,1-3H3,(H2,14,15,16,17). The second-order valence-corrected chi connectivity index (χ2v) is 5.42. The third-order valence-electron chi connectivity index (χ3n) is 3.56. The SMILES string of the molecule is CC1CC(CN)CN1Cc1nc(N)nc(N(C)C)n1. The molecular weight excluding hydrogens is 242 g/mol. The molecule has 106 valence electrons. The Bertz CT molecular complexity index is 434. The molecule has 2 heterocycles. The van der Waals surface area contributed by atoms with Gasteiger partial charge in [-0.25, -0.2) is 0 Å². The van der Waals surface area contributed by atoms with Crippen LogP contribution >= 0.6 is 0 Å². The molecule has 2 unspecified atom stereocenters. The lowest BCUT2D eigenvalue weighted by Gasteiger charge is -2.20. The van der Waals surface area contributed by atoms with Gasteiger partial charge in [0.2, 0.25) is 11.9 Å². The zero-order valence-electron chi connectivity index (χ0n) is 11.9. The molecule has 1 aliphatic heterocycles. The maximum absolute atomic E-state index is 5.75. The molecule has 0 saturated carbocycles. The zero-order valence-corrected chi connectivity index (χ0v) is 11.9. The smallest absolute Gasteiger partial charge is 0.229 e. The first-order chi connectivity index (χ1) is 8.99. The molecule has 2 atom stereocenters. The van der Waals surface area contributed by atoms with E-state index in [0.717, 1.165) is 25.3 Å². The quantitative estimate of drug-likeness (QED) is 0.770. The summed E-state index contributed by atoms with van der Waals surface area (Å²) in [6, 6.07) is 0.509. The summed E-state index contributed by atoms with van der Waals surface area (Å²) in [6.07, 6.45) is 1.14. The van der Waals surface area contributed by atoms with Gasteiger partial charge in [-0.15, -0.1) is 0 Å². The van der Waals surface area contributed by atoms with Crippen molar-refractivity contribution in [1.29, 1.82) is 0 Å².